The van der Waals surface area contributed by atoms with E-state index >= 15 is 0 Å². The zero-order chi connectivity index (χ0) is 14.0. The van der Waals surface area contributed by atoms with Gasteiger partial charge < -0.3 is 5.73 Å². The second-order valence-corrected chi connectivity index (χ2v) is 4.28. The van der Waals surface area contributed by atoms with Gasteiger partial charge in [-0.15, -0.1) is 0 Å². The summed E-state index contributed by atoms with van der Waals surface area (Å²) in [4.78, 5) is 10.3. The molecule has 0 heterocycles. The number of thiocarbonyl (C=S) groups is 1. The second kappa shape index (κ2) is 5.48. The third-order valence-electron chi connectivity index (χ3n) is 1.66. The Balaban J connectivity index is 3.24. The summed E-state index contributed by atoms with van der Waals surface area (Å²) in [6, 6.07) is -1.09. The van der Waals surface area contributed by atoms with Gasteiger partial charge in [0, 0.05) is 11.9 Å². The summed E-state index contributed by atoms with van der Waals surface area (Å²) >= 11 is 4.59. The van der Waals surface area contributed by atoms with Crippen molar-refractivity contribution >= 4 is 34.4 Å². The fraction of sp³-hybridized carbons (Fsp3) is 0. The Bertz CT molecular complexity index is 508. The minimum atomic E-state index is -2.29. The van der Waals surface area contributed by atoms with Crippen LogP contribution in [0, 0.1) is 29.1 Å². The molecule has 0 saturated heterocycles. The van der Waals surface area contributed by atoms with Crippen LogP contribution in [0.1, 0.15) is 5.56 Å². The molecule has 98 valence electrons. The largest absolute Gasteiger partial charge is 0.351 e. The van der Waals surface area contributed by atoms with E-state index in [1.165, 1.54) is 0 Å². The molecule has 2 amide bonds. The van der Waals surface area contributed by atoms with Gasteiger partial charge >= 0.3 is 6.03 Å². The normalized spacial score (nSPS) is 10.3. The number of carbonyl (C=O) groups is 1. The van der Waals surface area contributed by atoms with Crippen LogP contribution in [-0.4, -0.2) is 10.2 Å². The minimum Gasteiger partial charge on any atom is -0.351 e. The van der Waals surface area contributed by atoms with Crippen molar-refractivity contribution in [2.75, 3.05) is 0 Å². The number of carbonyl (C=O) groups excluding carboxylic acids is 1. The van der Waals surface area contributed by atoms with E-state index in [-0.39, 0.29) is 11.9 Å². The average Bonchev–Trinajstić information content (AvgIpc) is 2.31. The molecule has 0 aliphatic heterocycles. The predicted octanol–water partition coefficient (Wildman–Crippen LogP) is 2.37. The summed E-state index contributed by atoms with van der Waals surface area (Å²) in [6.45, 7) is 0. The first-order valence-corrected chi connectivity index (χ1v) is 5.27. The molecule has 0 aliphatic carbocycles. The summed E-state index contributed by atoms with van der Waals surface area (Å²) in [5, 5.41) is 0. The SMILES string of the molecule is NC(=O)NSC(=S)c1c(F)c(F)c(F)c(F)c1F. The molecule has 0 radical (unpaired) electrons. The quantitative estimate of drug-likeness (QED) is 0.275. The molecule has 1 aromatic rings. The Kier molecular flexibility index (Phi) is 4.46. The van der Waals surface area contributed by atoms with E-state index in [1.54, 1.807) is 4.72 Å². The number of urea groups is 1. The highest BCUT2D eigenvalue weighted by molar-refractivity contribution is 8.22. The lowest BCUT2D eigenvalue weighted by atomic mass is 10.2. The molecule has 0 aromatic heterocycles. The van der Waals surface area contributed by atoms with Gasteiger partial charge in [-0.2, -0.15) is 0 Å². The second-order valence-electron chi connectivity index (χ2n) is 2.80. The van der Waals surface area contributed by atoms with E-state index in [0.29, 0.717) is 0 Å². The molecule has 1 rings (SSSR count). The van der Waals surface area contributed by atoms with Crippen LogP contribution < -0.4 is 10.5 Å². The van der Waals surface area contributed by atoms with Crippen molar-refractivity contribution < 1.29 is 26.7 Å². The Labute approximate surface area is 107 Å². The van der Waals surface area contributed by atoms with E-state index < -0.39 is 44.9 Å². The van der Waals surface area contributed by atoms with Gasteiger partial charge in [0.25, 0.3) is 0 Å². The zero-order valence-corrected chi connectivity index (χ0v) is 9.82. The van der Waals surface area contributed by atoms with Gasteiger partial charge in [0.2, 0.25) is 5.82 Å². The van der Waals surface area contributed by atoms with Crippen LogP contribution in [-0.2, 0) is 0 Å². The van der Waals surface area contributed by atoms with E-state index in [2.05, 4.69) is 18.0 Å². The molecule has 0 unspecified atom stereocenters. The van der Waals surface area contributed by atoms with Gasteiger partial charge in [0.05, 0.1) is 5.56 Å². The fourth-order valence-electron chi connectivity index (χ4n) is 0.932. The van der Waals surface area contributed by atoms with Crippen molar-refractivity contribution in [3.8, 4) is 0 Å². The average molecular weight is 302 g/mol. The highest BCUT2D eigenvalue weighted by atomic mass is 32.2. The molecule has 10 heteroatoms. The third kappa shape index (κ3) is 2.70. The smallest absolute Gasteiger partial charge is 0.322 e. The van der Waals surface area contributed by atoms with Crippen LogP contribution >= 0.6 is 24.2 Å². The molecule has 0 aliphatic rings. The lowest BCUT2D eigenvalue weighted by Crippen LogP contribution is -2.25. The van der Waals surface area contributed by atoms with Crippen molar-refractivity contribution in [2.24, 2.45) is 5.73 Å². The molecule has 3 nitrogen and oxygen atoms in total. The van der Waals surface area contributed by atoms with E-state index in [9.17, 15) is 26.7 Å². The number of benzene rings is 1. The molecule has 0 spiro atoms. The summed E-state index contributed by atoms with van der Waals surface area (Å²) in [5.41, 5.74) is 3.36. The molecular formula is C8H3F5N2OS2. The van der Waals surface area contributed by atoms with E-state index in [4.69, 9.17) is 0 Å². The van der Waals surface area contributed by atoms with E-state index in [0.717, 1.165) is 0 Å². The molecular weight excluding hydrogens is 299 g/mol. The first-order valence-electron chi connectivity index (χ1n) is 4.05. The molecule has 0 saturated carbocycles. The topological polar surface area (TPSA) is 55.1 Å². The minimum absolute atomic E-state index is 0.160. The predicted molar refractivity (Wildman–Crippen MR) is 58.2 cm³/mol. The molecule has 18 heavy (non-hydrogen) atoms. The first kappa shape index (κ1) is 14.6. The highest BCUT2D eigenvalue weighted by Crippen LogP contribution is 2.26. The molecule has 1 aromatic carbocycles. The Hall–Kier alpha value is -1.42. The van der Waals surface area contributed by atoms with Crippen LogP contribution in [0.5, 0.6) is 0 Å². The number of hydrogen-bond donors (Lipinski definition) is 2. The lowest BCUT2D eigenvalue weighted by Gasteiger charge is -2.08. The summed E-state index contributed by atoms with van der Waals surface area (Å²) in [7, 11) is 0. The lowest BCUT2D eigenvalue weighted by molar-refractivity contribution is 0.254. The van der Waals surface area contributed by atoms with E-state index in [1.807, 2.05) is 0 Å². The standard InChI is InChI=1S/C8H3F5N2OS2/c9-2-1(7(17)18-15-8(14)16)3(10)5(12)6(13)4(2)11/h(H3,14,15,16). The van der Waals surface area contributed by atoms with Crippen LogP contribution in [0.25, 0.3) is 0 Å². The van der Waals surface area contributed by atoms with Crippen molar-refractivity contribution in [2.45, 2.75) is 0 Å². The number of hydrogen-bond acceptors (Lipinski definition) is 3. The number of primary amides is 1. The number of nitrogens with one attached hydrogen (secondary N) is 1. The molecule has 0 fully saturated rings. The number of halogens is 5. The van der Waals surface area contributed by atoms with Crippen molar-refractivity contribution in [1.29, 1.82) is 0 Å². The number of rotatable bonds is 1. The summed E-state index contributed by atoms with van der Waals surface area (Å²) < 4.78 is 65.8. The number of amides is 2. The monoisotopic (exact) mass is 302 g/mol. The van der Waals surface area contributed by atoms with Gasteiger partial charge in [0.15, 0.2) is 23.3 Å². The van der Waals surface area contributed by atoms with Crippen LogP contribution in [0.15, 0.2) is 0 Å². The van der Waals surface area contributed by atoms with Gasteiger partial charge in [-0.05, 0) is 0 Å². The van der Waals surface area contributed by atoms with Gasteiger partial charge in [0.1, 0.15) is 4.20 Å². The summed E-state index contributed by atoms with van der Waals surface area (Å²) in [5.74, 6) is -10.7. The maximum Gasteiger partial charge on any atom is 0.322 e. The Morgan fingerprint density at radius 1 is 1.00 bits per heavy atom. The third-order valence-corrected chi connectivity index (χ3v) is 2.81. The van der Waals surface area contributed by atoms with Gasteiger partial charge in [-0.3, -0.25) is 4.72 Å². The highest BCUT2D eigenvalue weighted by Gasteiger charge is 2.28. The van der Waals surface area contributed by atoms with Gasteiger partial charge in [-0.1, -0.05) is 12.2 Å². The molecule has 0 atom stereocenters. The van der Waals surface area contributed by atoms with Crippen molar-refractivity contribution in [1.82, 2.24) is 4.72 Å². The van der Waals surface area contributed by atoms with Gasteiger partial charge in [-0.25, -0.2) is 26.7 Å². The molecule has 3 N–H and O–H groups in total. The van der Waals surface area contributed by atoms with Crippen molar-refractivity contribution in [3.05, 3.63) is 34.6 Å². The van der Waals surface area contributed by atoms with Crippen LogP contribution in [0.3, 0.4) is 0 Å². The molecule has 0 bridgehead atoms. The maximum absolute atomic E-state index is 13.2. The Morgan fingerprint density at radius 3 is 1.78 bits per heavy atom. The Morgan fingerprint density at radius 2 is 1.39 bits per heavy atom. The van der Waals surface area contributed by atoms with Crippen molar-refractivity contribution in [3.63, 3.8) is 0 Å². The first-order chi connectivity index (χ1) is 8.27. The maximum atomic E-state index is 13.2. The summed E-state index contributed by atoms with van der Waals surface area (Å²) in [6.07, 6.45) is 0. The number of nitrogens with two attached hydrogens (primary N) is 1. The van der Waals surface area contributed by atoms with Crippen LogP contribution in [0.4, 0.5) is 26.7 Å². The van der Waals surface area contributed by atoms with Crippen LogP contribution in [0.2, 0.25) is 0 Å². The fourth-order valence-corrected chi connectivity index (χ4v) is 1.71. The zero-order valence-electron chi connectivity index (χ0n) is 8.19.